The summed E-state index contributed by atoms with van der Waals surface area (Å²) in [7, 11) is 0. The van der Waals surface area contributed by atoms with Gasteiger partial charge in [0.15, 0.2) is 18.4 Å². The third-order valence-electron chi connectivity index (χ3n) is 3.47. The number of carbonyl (C=O) groups is 3. The van der Waals surface area contributed by atoms with Crippen molar-refractivity contribution in [3.05, 3.63) is 22.7 Å². The molecule has 1 saturated heterocycles. The maximum atomic E-state index is 12.1. The molecule has 2 rings (SSSR count). The van der Waals surface area contributed by atoms with E-state index in [2.05, 4.69) is 4.98 Å². The Kier molecular flexibility index (Phi) is 5.93. The minimum Gasteiger partial charge on any atom is -0.463 e. The highest BCUT2D eigenvalue weighted by Crippen LogP contribution is 2.33. The average molecular weight is 369 g/mol. The fourth-order valence-corrected chi connectivity index (χ4v) is 2.54. The zero-order valence-electron chi connectivity index (χ0n) is 14.4. The van der Waals surface area contributed by atoms with Crippen molar-refractivity contribution >= 4 is 23.7 Å². The number of hydrogen-bond donors (Lipinski definition) is 1. The van der Waals surface area contributed by atoms with Gasteiger partial charge < -0.3 is 24.7 Å². The molecule has 0 amide bonds. The number of nitrogens with two attached hydrogens (primary N) is 1. The fourth-order valence-electron chi connectivity index (χ4n) is 2.54. The standard InChI is InChI=1S/C15H19N3O8/c1-7(19)23-6-10-12(24-8(2)20)13(25-9(3)21)14(26-10)18-5-4-11(16)17-15(18)22/h4-5,10,12-14H,6H2,1-3H3,(H2,16,17,22). The molecular weight excluding hydrogens is 350 g/mol. The van der Waals surface area contributed by atoms with Gasteiger partial charge in [0.1, 0.15) is 18.5 Å². The quantitative estimate of drug-likeness (QED) is 0.513. The summed E-state index contributed by atoms with van der Waals surface area (Å²) in [6, 6.07) is 1.36. The van der Waals surface area contributed by atoms with Crippen molar-refractivity contribution in [3.8, 4) is 0 Å². The summed E-state index contributed by atoms with van der Waals surface area (Å²) in [6.45, 7) is 3.26. The summed E-state index contributed by atoms with van der Waals surface area (Å²) in [4.78, 5) is 49.7. The Hall–Kier alpha value is -2.95. The monoisotopic (exact) mass is 369 g/mol. The number of rotatable bonds is 5. The van der Waals surface area contributed by atoms with Crippen molar-refractivity contribution in [2.24, 2.45) is 0 Å². The van der Waals surface area contributed by atoms with E-state index in [-0.39, 0.29) is 12.4 Å². The van der Waals surface area contributed by atoms with E-state index in [1.165, 1.54) is 19.2 Å². The number of esters is 3. The molecule has 11 heteroatoms. The lowest BCUT2D eigenvalue weighted by Gasteiger charge is -2.23. The van der Waals surface area contributed by atoms with Crippen LogP contribution >= 0.6 is 0 Å². The molecular formula is C15H19N3O8. The highest BCUT2D eigenvalue weighted by molar-refractivity contribution is 5.68. The molecule has 0 aliphatic carbocycles. The van der Waals surface area contributed by atoms with Gasteiger partial charge in [-0.2, -0.15) is 4.98 Å². The molecule has 0 aromatic carbocycles. The van der Waals surface area contributed by atoms with Gasteiger partial charge in [0.2, 0.25) is 0 Å². The van der Waals surface area contributed by atoms with Gasteiger partial charge in [0.05, 0.1) is 0 Å². The number of nitrogen functional groups attached to an aromatic ring is 1. The maximum absolute atomic E-state index is 12.1. The molecule has 142 valence electrons. The van der Waals surface area contributed by atoms with Crippen LogP contribution in [0, 0.1) is 0 Å². The molecule has 0 saturated carbocycles. The van der Waals surface area contributed by atoms with Gasteiger partial charge in [-0.05, 0) is 6.07 Å². The zero-order valence-corrected chi connectivity index (χ0v) is 14.4. The lowest BCUT2D eigenvalue weighted by molar-refractivity contribution is -0.166. The van der Waals surface area contributed by atoms with Gasteiger partial charge in [-0.25, -0.2) is 4.79 Å². The second kappa shape index (κ2) is 7.95. The molecule has 2 N–H and O–H groups in total. The average Bonchev–Trinajstić information content (AvgIpc) is 2.82. The number of hydrogen-bond acceptors (Lipinski definition) is 10. The molecule has 1 aromatic rings. The predicted octanol–water partition coefficient (Wildman–Crippen LogP) is -0.851. The minimum atomic E-state index is -1.15. The number of nitrogens with zero attached hydrogens (tertiary/aromatic N) is 2. The SMILES string of the molecule is CC(=O)OCC1OC(n2ccc(N)nc2=O)C(OC(C)=O)C1OC(C)=O. The van der Waals surface area contributed by atoms with Crippen LogP contribution in [0.25, 0.3) is 0 Å². The summed E-state index contributed by atoms with van der Waals surface area (Å²) >= 11 is 0. The van der Waals surface area contributed by atoms with E-state index < -0.39 is 48.1 Å². The van der Waals surface area contributed by atoms with E-state index in [1.807, 2.05) is 0 Å². The smallest absolute Gasteiger partial charge is 0.351 e. The van der Waals surface area contributed by atoms with Crippen molar-refractivity contribution in [2.45, 2.75) is 45.3 Å². The topological polar surface area (TPSA) is 149 Å². The number of carbonyl (C=O) groups excluding carboxylic acids is 3. The van der Waals surface area contributed by atoms with Crippen molar-refractivity contribution in [2.75, 3.05) is 12.3 Å². The second-order valence-corrected chi connectivity index (χ2v) is 5.56. The van der Waals surface area contributed by atoms with Crippen molar-refractivity contribution in [1.82, 2.24) is 9.55 Å². The molecule has 4 atom stereocenters. The summed E-state index contributed by atoms with van der Waals surface area (Å²) in [6.07, 6.45) is -3.04. The van der Waals surface area contributed by atoms with Crippen molar-refractivity contribution < 1.29 is 33.3 Å². The molecule has 1 fully saturated rings. The largest absolute Gasteiger partial charge is 0.463 e. The summed E-state index contributed by atoms with van der Waals surface area (Å²) in [5.74, 6) is -1.91. The van der Waals surface area contributed by atoms with Crippen LogP contribution in [-0.2, 0) is 33.3 Å². The van der Waals surface area contributed by atoms with Crippen LogP contribution in [0.15, 0.2) is 17.1 Å². The maximum Gasteiger partial charge on any atom is 0.351 e. The van der Waals surface area contributed by atoms with E-state index in [4.69, 9.17) is 24.7 Å². The highest BCUT2D eigenvalue weighted by Gasteiger charge is 2.50. The van der Waals surface area contributed by atoms with Gasteiger partial charge in [0, 0.05) is 27.0 Å². The molecule has 2 heterocycles. The first-order valence-electron chi connectivity index (χ1n) is 7.67. The molecule has 1 aliphatic rings. The Morgan fingerprint density at radius 2 is 1.77 bits per heavy atom. The Balaban J connectivity index is 2.40. The summed E-state index contributed by atoms with van der Waals surface area (Å²) in [5.41, 5.74) is 4.72. The molecule has 0 spiro atoms. The molecule has 0 bridgehead atoms. The number of aromatic nitrogens is 2. The molecule has 4 unspecified atom stereocenters. The minimum absolute atomic E-state index is 0.00119. The van der Waals surface area contributed by atoms with Crippen LogP contribution in [0.1, 0.15) is 27.0 Å². The van der Waals surface area contributed by atoms with Crippen LogP contribution < -0.4 is 11.4 Å². The van der Waals surface area contributed by atoms with Gasteiger partial charge in [-0.3, -0.25) is 19.0 Å². The molecule has 11 nitrogen and oxygen atoms in total. The highest BCUT2D eigenvalue weighted by atomic mass is 16.7. The first-order valence-corrected chi connectivity index (χ1v) is 7.67. The normalized spacial score (nSPS) is 24.7. The van der Waals surface area contributed by atoms with Crippen LogP contribution in [0.4, 0.5) is 5.82 Å². The molecule has 1 aliphatic heterocycles. The molecule has 1 aromatic heterocycles. The third kappa shape index (κ3) is 4.57. The van der Waals surface area contributed by atoms with E-state index in [1.54, 1.807) is 0 Å². The van der Waals surface area contributed by atoms with Gasteiger partial charge in [-0.1, -0.05) is 0 Å². The van der Waals surface area contributed by atoms with Gasteiger partial charge in [0.25, 0.3) is 0 Å². The zero-order chi connectivity index (χ0) is 19.4. The Bertz CT molecular complexity index is 762. The molecule has 0 radical (unpaired) electrons. The lowest BCUT2D eigenvalue weighted by atomic mass is 10.1. The Morgan fingerprint density at radius 3 is 2.31 bits per heavy atom. The second-order valence-electron chi connectivity index (χ2n) is 5.56. The Labute approximate surface area is 148 Å². The van der Waals surface area contributed by atoms with Crippen LogP contribution in [0.3, 0.4) is 0 Å². The number of ether oxygens (including phenoxy) is 4. The van der Waals surface area contributed by atoms with E-state index in [0.29, 0.717) is 0 Å². The van der Waals surface area contributed by atoms with E-state index in [0.717, 1.165) is 18.4 Å². The third-order valence-corrected chi connectivity index (χ3v) is 3.47. The lowest BCUT2D eigenvalue weighted by Crippen LogP contribution is -2.41. The van der Waals surface area contributed by atoms with Crippen molar-refractivity contribution in [3.63, 3.8) is 0 Å². The van der Waals surface area contributed by atoms with Crippen molar-refractivity contribution in [1.29, 1.82) is 0 Å². The summed E-state index contributed by atoms with van der Waals surface area (Å²) < 4.78 is 22.1. The first kappa shape index (κ1) is 19.4. The van der Waals surface area contributed by atoms with Gasteiger partial charge in [-0.15, -0.1) is 0 Å². The predicted molar refractivity (Wildman–Crippen MR) is 84.6 cm³/mol. The Morgan fingerprint density at radius 1 is 1.15 bits per heavy atom. The first-order chi connectivity index (χ1) is 12.2. The summed E-state index contributed by atoms with van der Waals surface area (Å²) in [5, 5.41) is 0. The number of anilines is 1. The fraction of sp³-hybridized carbons (Fsp3) is 0.533. The van der Waals surface area contributed by atoms with Gasteiger partial charge >= 0.3 is 23.6 Å². The van der Waals surface area contributed by atoms with Crippen LogP contribution in [0.5, 0.6) is 0 Å². The molecule has 26 heavy (non-hydrogen) atoms. The van der Waals surface area contributed by atoms with Crippen LogP contribution in [-0.4, -0.2) is 52.4 Å². The van der Waals surface area contributed by atoms with Crippen LogP contribution in [0.2, 0.25) is 0 Å². The van der Waals surface area contributed by atoms with E-state index >= 15 is 0 Å². The van der Waals surface area contributed by atoms with E-state index in [9.17, 15) is 19.2 Å².